The minimum absolute atomic E-state index is 0.466. The first-order valence-corrected chi connectivity index (χ1v) is 7.70. The van der Waals surface area contributed by atoms with Gasteiger partial charge in [0.25, 0.3) is 0 Å². The second-order valence-electron chi connectivity index (χ2n) is 4.56. The molecular formula is C13H11Cl2N5S. The monoisotopic (exact) mass is 339 g/mol. The Kier molecular flexibility index (Phi) is 3.77. The summed E-state index contributed by atoms with van der Waals surface area (Å²) in [6.07, 6.45) is 0. The third kappa shape index (κ3) is 2.71. The van der Waals surface area contributed by atoms with Gasteiger partial charge in [0.2, 0.25) is 0 Å². The van der Waals surface area contributed by atoms with Crippen molar-refractivity contribution in [2.45, 2.75) is 24.0 Å². The van der Waals surface area contributed by atoms with Crippen LogP contribution < -0.4 is 0 Å². The molecule has 0 N–H and O–H groups in total. The molecule has 108 valence electrons. The molecule has 5 nitrogen and oxygen atoms in total. The van der Waals surface area contributed by atoms with Crippen molar-refractivity contribution in [3.63, 3.8) is 0 Å². The Bertz CT molecular complexity index is 846. The normalized spacial score (nSPS) is 11.3. The fraction of sp³-hybridized carbons (Fsp3) is 0.231. The molecular weight excluding hydrogens is 329 g/mol. The van der Waals surface area contributed by atoms with Crippen molar-refractivity contribution >= 4 is 46.0 Å². The van der Waals surface area contributed by atoms with E-state index in [1.165, 1.54) is 11.8 Å². The zero-order chi connectivity index (χ0) is 15.1. The number of halogens is 2. The van der Waals surface area contributed by atoms with Gasteiger partial charge >= 0.3 is 0 Å². The number of aromatic nitrogens is 5. The highest BCUT2D eigenvalue weighted by molar-refractivity contribution is 7.99. The summed E-state index contributed by atoms with van der Waals surface area (Å²) in [5, 5.41) is 10.6. The predicted molar refractivity (Wildman–Crippen MR) is 84.2 cm³/mol. The molecule has 2 aromatic heterocycles. The maximum Gasteiger partial charge on any atom is 0.197 e. The molecule has 0 bridgehead atoms. The van der Waals surface area contributed by atoms with Gasteiger partial charge in [-0.25, -0.2) is 9.97 Å². The largest absolute Gasteiger partial charge is 0.309 e. The highest BCUT2D eigenvalue weighted by Gasteiger charge is 2.13. The molecule has 0 unspecified atom stereocenters. The van der Waals surface area contributed by atoms with Crippen molar-refractivity contribution in [3.8, 4) is 0 Å². The first-order chi connectivity index (χ1) is 9.95. The smallest absolute Gasteiger partial charge is 0.197 e. The lowest BCUT2D eigenvalue weighted by molar-refractivity contribution is 0.764. The maximum absolute atomic E-state index is 6.04. The fourth-order valence-corrected chi connectivity index (χ4v) is 2.96. The Balaban J connectivity index is 2.08. The van der Waals surface area contributed by atoms with Gasteiger partial charge < -0.3 is 4.57 Å². The van der Waals surface area contributed by atoms with Crippen molar-refractivity contribution in [1.82, 2.24) is 24.7 Å². The second-order valence-corrected chi connectivity index (χ2v) is 6.33. The van der Waals surface area contributed by atoms with Crippen LogP contribution >= 0.6 is 35.0 Å². The quantitative estimate of drug-likeness (QED) is 0.710. The molecule has 0 amide bonds. The third-order valence-corrected chi connectivity index (χ3v) is 4.92. The summed E-state index contributed by atoms with van der Waals surface area (Å²) in [6, 6.07) is 3.44. The Hall–Kier alpha value is -1.37. The van der Waals surface area contributed by atoms with E-state index < -0.39 is 0 Å². The topological polar surface area (TPSA) is 56.5 Å². The Morgan fingerprint density at radius 1 is 1.00 bits per heavy atom. The van der Waals surface area contributed by atoms with Crippen molar-refractivity contribution in [2.75, 3.05) is 0 Å². The molecule has 0 aliphatic carbocycles. The number of aryl methyl sites for hydroxylation is 2. The maximum atomic E-state index is 6.04. The van der Waals surface area contributed by atoms with Crippen LogP contribution in [0.15, 0.2) is 22.3 Å². The van der Waals surface area contributed by atoms with Crippen molar-refractivity contribution < 1.29 is 0 Å². The number of fused-ring (bicyclic) bond motifs is 1. The summed E-state index contributed by atoms with van der Waals surface area (Å²) >= 11 is 13.5. The third-order valence-electron chi connectivity index (χ3n) is 3.08. The van der Waals surface area contributed by atoms with Gasteiger partial charge in [-0.15, -0.1) is 10.2 Å². The SMILES string of the molecule is Cc1nc2cc(Cl)c(Cl)cc2nc1Sc1nnc(C)n1C. The molecule has 8 heteroatoms. The van der Waals surface area contributed by atoms with Gasteiger partial charge in [0.05, 0.1) is 26.8 Å². The highest BCUT2D eigenvalue weighted by atomic mass is 35.5. The van der Waals surface area contributed by atoms with Gasteiger partial charge in [0.15, 0.2) is 5.16 Å². The lowest BCUT2D eigenvalue weighted by atomic mass is 10.3. The van der Waals surface area contributed by atoms with Gasteiger partial charge in [-0.1, -0.05) is 23.2 Å². The molecule has 3 rings (SSSR count). The minimum Gasteiger partial charge on any atom is -0.309 e. The van der Waals surface area contributed by atoms with Crippen LogP contribution in [-0.2, 0) is 7.05 Å². The Morgan fingerprint density at radius 2 is 1.62 bits per heavy atom. The zero-order valence-corrected chi connectivity index (χ0v) is 13.9. The molecule has 3 aromatic rings. The number of benzene rings is 1. The van der Waals surface area contributed by atoms with Crippen LogP contribution in [0.5, 0.6) is 0 Å². The van der Waals surface area contributed by atoms with E-state index in [0.717, 1.165) is 27.2 Å². The second kappa shape index (κ2) is 5.44. The molecule has 1 aromatic carbocycles. The van der Waals surface area contributed by atoms with Gasteiger partial charge in [-0.05, 0) is 37.7 Å². The number of rotatable bonds is 2. The van der Waals surface area contributed by atoms with Crippen LogP contribution in [0.3, 0.4) is 0 Å². The van der Waals surface area contributed by atoms with Gasteiger partial charge in [-0.2, -0.15) is 0 Å². The summed E-state index contributed by atoms with van der Waals surface area (Å²) in [5.41, 5.74) is 2.24. The van der Waals surface area contributed by atoms with Crippen LogP contribution in [0.25, 0.3) is 11.0 Å². The van der Waals surface area contributed by atoms with Crippen molar-refractivity contribution in [1.29, 1.82) is 0 Å². The van der Waals surface area contributed by atoms with Crippen LogP contribution in [0.2, 0.25) is 10.0 Å². The fourth-order valence-electron chi connectivity index (χ4n) is 1.78. The molecule has 2 heterocycles. The first kappa shape index (κ1) is 14.6. The highest BCUT2D eigenvalue weighted by Crippen LogP contribution is 2.31. The van der Waals surface area contributed by atoms with Crippen LogP contribution in [0.4, 0.5) is 0 Å². The summed E-state index contributed by atoms with van der Waals surface area (Å²) in [6.45, 7) is 3.80. The Morgan fingerprint density at radius 3 is 2.19 bits per heavy atom. The minimum atomic E-state index is 0.466. The van der Waals surface area contributed by atoms with Gasteiger partial charge in [-0.3, -0.25) is 0 Å². The summed E-state index contributed by atoms with van der Waals surface area (Å²) in [7, 11) is 1.91. The van der Waals surface area contributed by atoms with Crippen LogP contribution in [-0.4, -0.2) is 24.7 Å². The standard InChI is InChI=1S/C13H11Cl2N5S/c1-6-12(21-13-19-18-7(2)20(13)3)17-11-5-9(15)8(14)4-10(11)16-6/h4-5H,1-3H3. The van der Waals surface area contributed by atoms with E-state index in [4.69, 9.17) is 23.2 Å². The van der Waals surface area contributed by atoms with E-state index in [1.807, 2.05) is 25.5 Å². The predicted octanol–water partition coefficient (Wildman–Crippen LogP) is 3.83. The van der Waals surface area contributed by atoms with Crippen LogP contribution in [0.1, 0.15) is 11.5 Å². The molecule has 0 radical (unpaired) electrons. The summed E-state index contributed by atoms with van der Waals surface area (Å²) in [4.78, 5) is 9.12. The number of hydrogen-bond donors (Lipinski definition) is 0. The molecule has 0 saturated carbocycles. The average molecular weight is 340 g/mol. The van der Waals surface area contributed by atoms with E-state index in [1.54, 1.807) is 12.1 Å². The molecule has 0 saturated heterocycles. The molecule has 0 atom stereocenters. The first-order valence-electron chi connectivity index (χ1n) is 6.13. The van der Waals surface area contributed by atoms with Gasteiger partial charge in [0.1, 0.15) is 10.9 Å². The van der Waals surface area contributed by atoms with E-state index in [2.05, 4.69) is 20.2 Å². The van der Waals surface area contributed by atoms with E-state index >= 15 is 0 Å². The zero-order valence-electron chi connectivity index (χ0n) is 11.6. The van der Waals surface area contributed by atoms with Crippen LogP contribution in [0, 0.1) is 13.8 Å². The van der Waals surface area contributed by atoms with Crippen molar-refractivity contribution in [3.05, 3.63) is 33.7 Å². The number of nitrogens with zero attached hydrogens (tertiary/aromatic N) is 5. The van der Waals surface area contributed by atoms with E-state index in [0.29, 0.717) is 15.6 Å². The average Bonchev–Trinajstić information content (AvgIpc) is 2.74. The number of hydrogen-bond acceptors (Lipinski definition) is 5. The lowest BCUT2D eigenvalue weighted by Crippen LogP contribution is -1.97. The lowest BCUT2D eigenvalue weighted by Gasteiger charge is -2.07. The summed E-state index contributed by atoms with van der Waals surface area (Å²) in [5.74, 6) is 0.846. The Labute approximate surface area is 135 Å². The molecule has 0 aliphatic heterocycles. The summed E-state index contributed by atoms with van der Waals surface area (Å²) < 4.78 is 1.91. The van der Waals surface area contributed by atoms with E-state index in [9.17, 15) is 0 Å². The van der Waals surface area contributed by atoms with Gasteiger partial charge in [0, 0.05) is 7.05 Å². The molecule has 21 heavy (non-hydrogen) atoms. The molecule has 0 spiro atoms. The van der Waals surface area contributed by atoms with Crippen molar-refractivity contribution in [2.24, 2.45) is 7.05 Å². The van der Waals surface area contributed by atoms with E-state index in [-0.39, 0.29) is 0 Å². The molecule has 0 aliphatic rings. The molecule has 0 fully saturated rings.